The fraction of sp³-hybridized carbons (Fsp3) is 0.556. The summed E-state index contributed by atoms with van der Waals surface area (Å²) in [6.07, 6.45) is 4.22. The Kier molecular flexibility index (Phi) is 8.35. The fourth-order valence-electron chi connectivity index (χ4n) is 3.13. The van der Waals surface area contributed by atoms with Gasteiger partial charge in [0.05, 0.1) is 17.4 Å². The van der Waals surface area contributed by atoms with E-state index < -0.39 is 0 Å². The minimum Gasteiger partial charge on any atom is -0.356 e. The maximum atomic E-state index is 4.47. The lowest BCUT2D eigenvalue weighted by molar-refractivity contribution is 0.407. The number of hydrogen-bond donors (Lipinski definition) is 1. The number of halogens is 1. The second-order valence-corrected chi connectivity index (χ2v) is 7.51. The highest BCUT2D eigenvalue weighted by molar-refractivity contribution is 14.0. The van der Waals surface area contributed by atoms with Crippen molar-refractivity contribution in [3.63, 3.8) is 0 Å². The fourth-order valence-corrected chi connectivity index (χ4v) is 4.31. The topological polar surface area (TPSA) is 45.5 Å². The SMILES string of the molecule is CCC1CN(C(=NC)NCCCn2cnc3ccccc32)CCS1.I. The number of nitrogens with one attached hydrogen (secondary N) is 1. The number of benzene rings is 1. The first kappa shape index (κ1) is 20.4. The summed E-state index contributed by atoms with van der Waals surface area (Å²) in [4.78, 5) is 11.3. The van der Waals surface area contributed by atoms with Crippen LogP contribution < -0.4 is 5.32 Å². The molecule has 1 N–H and O–H groups in total. The molecule has 1 aromatic carbocycles. The molecule has 138 valence electrons. The lowest BCUT2D eigenvalue weighted by Gasteiger charge is -2.34. The van der Waals surface area contributed by atoms with E-state index in [1.807, 2.05) is 19.4 Å². The Morgan fingerprint density at radius 3 is 3.04 bits per heavy atom. The van der Waals surface area contributed by atoms with Crippen LogP contribution in [0.15, 0.2) is 35.6 Å². The van der Waals surface area contributed by atoms with E-state index in [9.17, 15) is 0 Å². The Morgan fingerprint density at radius 2 is 2.24 bits per heavy atom. The summed E-state index contributed by atoms with van der Waals surface area (Å²) in [5, 5.41) is 4.26. The van der Waals surface area contributed by atoms with E-state index in [4.69, 9.17) is 0 Å². The molecule has 0 radical (unpaired) electrons. The Hall–Kier alpha value is -0.960. The molecule has 1 unspecified atom stereocenters. The van der Waals surface area contributed by atoms with Crippen molar-refractivity contribution in [1.82, 2.24) is 19.8 Å². The van der Waals surface area contributed by atoms with Gasteiger partial charge < -0.3 is 14.8 Å². The van der Waals surface area contributed by atoms with E-state index in [0.717, 1.165) is 49.3 Å². The molecular weight excluding hydrogens is 445 g/mol. The molecule has 0 aliphatic carbocycles. The smallest absolute Gasteiger partial charge is 0.193 e. The first-order valence-electron chi connectivity index (χ1n) is 8.79. The summed E-state index contributed by atoms with van der Waals surface area (Å²) in [5.41, 5.74) is 2.28. The van der Waals surface area contributed by atoms with Crippen LogP contribution in [0.4, 0.5) is 0 Å². The van der Waals surface area contributed by atoms with Crippen molar-refractivity contribution in [2.24, 2.45) is 4.99 Å². The van der Waals surface area contributed by atoms with Gasteiger partial charge >= 0.3 is 0 Å². The Morgan fingerprint density at radius 1 is 1.40 bits per heavy atom. The van der Waals surface area contributed by atoms with Gasteiger partial charge in [0.2, 0.25) is 0 Å². The van der Waals surface area contributed by atoms with E-state index in [-0.39, 0.29) is 24.0 Å². The highest BCUT2D eigenvalue weighted by atomic mass is 127. The van der Waals surface area contributed by atoms with Crippen molar-refractivity contribution in [2.45, 2.75) is 31.6 Å². The summed E-state index contributed by atoms with van der Waals surface area (Å²) in [6.45, 7) is 6.37. The first-order chi connectivity index (χ1) is 11.8. The van der Waals surface area contributed by atoms with Crippen molar-refractivity contribution in [3.05, 3.63) is 30.6 Å². The van der Waals surface area contributed by atoms with Crippen LogP contribution in [-0.2, 0) is 6.54 Å². The molecule has 0 bridgehead atoms. The zero-order valence-corrected chi connectivity index (χ0v) is 18.2. The van der Waals surface area contributed by atoms with Crippen LogP contribution in [0.2, 0.25) is 0 Å². The number of aryl methyl sites for hydroxylation is 1. The predicted molar refractivity (Wildman–Crippen MR) is 119 cm³/mol. The monoisotopic (exact) mass is 473 g/mol. The molecule has 1 atom stereocenters. The van der Waals surface area contributed by atoms with Gasteiger partial charge in [0, 0.05) is 44.2 Å². The van der Waals surface area contributed by atoms with Crippen LogP contribution in [0.5, 0.6) is 0 Å². The van der Waals surface area contributed by atoms with Crippen LogP contribution in [-0.4, -0.2) is 58.1 Å². The van der Waals surface area contributed by atoms with Crippen LogP contribution >= 0.6 is 35.7 Å². The summed E-state index contributed by atoms with van der Waals surface area (Å²) in [5.74, 6) is 2.24. The number of nitrogens with zero attached hydrogens (tertiary/aromatic N) is 4. The second kappa shape index (κ2) is 10.3. The maximum absolute atomic E-state index is 4.47. The van der Waals surface area contributed by atoms with Gasteiger partial charge in [-0.15, -0.1) is 24.0 Å². The Labute approximate surface area is 171 Å². The number of thioether (sulfide) groups is 1. The van der Waals surface area contributed by atoms with Crippen LogP contribution in [0, 0.1) is 0 Å². The third-order valence-electron chi connectivity index (χ3n) is 4.49. The molecule has 7 heteroatoms. The number of imidazole rings is 1. The van der Waals surface area contributed by atoms with Crippen molar-refractivity contribution in [3.8, 4) is 0 Å². The standard InChI is InChI=1S/C18H27N5S.HI/c1-3-15-13-22(11-12-24-15)18(19-2)20-9-6-10-23-14-21-16-7-4-5-8-17(16)23;/h4-5,7-8,14-15H,3,6,9-13H2,1-2H3,(H,19,20);1H. The lowest BCUT2D eigenvalue weighted by Crippen LogP contribution is -2.48. The van der Waals surface area contributed by atoms with E-state index >= 15 is 0 Å². The highest BCUT2D eigenvalue weighted by Crippen LogP contribution is 2.21. The lowest BCUT2D eigenvalue weighted by atomic mass is 10.3. The zero-order valence-electron chi connectivity index (χ0n) is 15.0. The van der Waals surface area contributed by atoms with Gasteiger partial charge in [0.25, 0.3) is 0 Å². The molecular formula is C18H28IN5S. The molecule has 25 heavy (non-hydrogen) atoms. The number of fused-ring (bicyclic) bond motifs is 1. The van der Waals surface area contributed by atoms with Gasteiger partial charge in [-0.3, -0.25) is 4.99 Å². The number of guanidine groups is 1. The predicted octanol–water partition coefficient (Wildman–Crippen LogP) is 3.45. The molecule has 1 aliphatic rings. The molecule has 3 rings (SSSR count). The second-order valence-electron chi connectivity index (χ2n) is 6.10. The number of rotatable bonds is 5. The normalized spacial score (nSPS) is 18.2. The van der Waals surface area contributed by atoms with Crippen molar-refractivity contribution < 1.29 is 0 Å². The van der Waals surface area contributed by atoms with Crippen LogP contribution in [0.3, 0.4) is 0 Å². The largest absolute Gasteiger partial charge is 0.356 e. The average Bonchev–Trinajstić information content (AvgIpc) is 3.05. The molecule has 1 fully saturated rings. The van der Waals surface area contributed by atoms with Gasteiger partial charge in [0.15, 0.2) is 5.96 Å². The van der Waals surface area contributed by atoms with E-state index in [0.29, 0.717) is 0 Å². The number of para-hydroxylation sites is 2. The van der Waals surface area contributed by atoms with Gasteiger partial charge in [-0.25, -0.2) is 4.98 Å². The first-order valence-corrected chi connectivity index (χ1v) is 9.83. The third-order valence-corrected chi connectivity index (χ3v) is 5.86. The van der Waals surface area contributed by atoms with Gasteiger partial charge in [-0.1, -0.05) is 19.1 Å². The maximum Gasteiger partial charge on any atom is 0.193 e. The highest BCUT2D eigenvalue weighted by Gasteiger charge is 2.21. The quantitative estimate of drug-likeness (QED) is 0.313. The van der Waals surface area contributed by atoms with E-state index in [1.165, 1.54) is 17.7 Å². The molecule has 1 aliphatic heterocycles. The number of hydrogen-bond acceptors (Lipinski definition) is 3. The van der Waals surface area contributed by atoms with Crippen molar-refractivity contribution in [1.29, 1.82) is 0 Å². The third kappa shape index (κ3) is 5.26. The molecule has 0 saturated carbocycles. The Bertz CT molecular complexity index is 687. The molecule has 1 aromatic heterocycles. The average molecular weight is 473 g/mol. The van der Waals surface area contributed by atoms with Crippen LogP contribution in [0.25, 0.3) is 11.0 Å². The minimum atomic E-state index is 0. The zero-order chi connectivity index (χ0) is 16.8. The summed E-state index contributed by atoms with van der Waals surface area (Å²) in [7, 11) is 1.88. The molecule has 2 aromatic rings. The van der Waals surface area contributed by atoms with Crippen molar-refractivity contribution in [2.75, 3.05) is 32.4 Å². The summed E-state index contributed by atoms with van der Waals surface area (Å²) < 4.78 is 2.23. The molecule has 2 heterocycles. The van der Waals surface area contributed by atoms with E-state index in [1.54, 1.807) is 0 Å². The van der Waals surface area contributed by atoms with E-state index in [2.05, 4.69) is 61.6 Å². The summed E-state index contributed by atoms with van der Waals surface area (Å²) >= 11 is 2.09. The van der Waals surface area contributed by atoms with Gasteiger partial charge in [-0.2, -0.15) is 11.8 Å². The van der Waals surface area contributed by atoms with Crippen molar-refractivity contribution >= 4 is 52.7 Å². The number of aromatic nitrogens is 2. The molecule has 0 spiro atoms. The van der Waals surface area contributed by atoms with Crippen LogP contribution in [0.1, 0.15) is 19.8 Å². The van der Waals surface area contributed by atoms with Gasteiger partial charge in [-0.05, 0) is 25.0 Å². The number of aliphatic imine (C=N–C) groups is 1. The van der Waals surface area contributed by atoms with Gasteiger partial charge in [0.1, 0.15) is 0 Å². The minimum absolute atomic E-state index is 0. The molecule has 5 nitrogen and oxygen atoms in total. The Balaban J connectivity index is 0.00000225. The molecule has 0 amide bonds. The summed E-state index contributed by atoms with van der Waals surface area (Å²) in [6, 6.07) is 8.29. The molecule has 1 saturated heterocycles.